The zero-order valence-electron chi connectivity index (χ0n) is 11.0. The highest BCUT2D eigenvalue weighted by atomic mass is 32.2. The maximum absolute atomic E-state index is 3.40. The quantitative estimate of drug-likeness (QED) is 0.830. The van der Waals surface area contributed by atoms with Gasteiger partial charge in [-0.3, -0.25) is 4.90 Å². The van der Waals surface area contributed by atoms with E-state index in [9.17, 15) is 0 Å². The van der Waals surface area contributed by atoms with Crippen molar-refractivity contribution >= 4 is 11.8 Å². The van der Waals surface area contributed by atoms with Crippen molar-refractivity contribution in [3.8, 4) is 0 Å². The second kappa shape index (κ2) is 5.89. The van der Waals surface area contributed by atoms with Crippen LogP contribution in [0.3, 0.4) is 0 Å². The summed E-state index contributed by atoms with van der Waals surface area (Å²) in [5.74, 6) is 0. The van der Waals surface area contributed by atoms with Gasteiger partial charge in [0.25, 0.3) is 0 Å². The van der Waals surface area contributed by atoms with Gasteiger partial charge in [0.05, 0.1) is 0 Å². The fourth-order valence-electron chi connectivity index (χ4n) is 2.29. The maximum atomic E-state index is 3.40. The average Bonchev–Trinajstić information content (AvgIpc) is 2.36. The Morgan fingerprint density at radius 2 is 1.94 bits per heavy atom. The van der Waals surface area contributed by atoms with E-state index in [4.69, 9.17) is 0 Å². The number of hydrogen-bond acceptors (Lipinski definition) is 3. The van der Waals surface area contributed by atoms with Crippen LogP contribution in [0.5, 0.6) is 0 Å². The third kappa shape index (κ3) is 3.24. The number of benzene rings is 1. The highest BCUT2D eigenvalue weighted by molar-refractivity contribution is 7.98. The molecule has 94 valence electrons. The molecule has 1 fully saturated rings. The zero-order chi connectivity index (χ0) is 12.3. The smallest absolute Gasteiger partial charge is 0.0237 e. The lowest BCUT2D eigenvalue weighted by atomic mass is 10.0. The summed E-state index contributed by atoms with van der Waals surface area (Å²) in [7, 11) is 0. The lowest BCUT2D eigenvalue weighted by molar-refractivity contribution is 0.232. The number of hydrogen-bond donors (Lipinski definition) is 1. The van der Waals surface area contributed by atoms with E-state index >= 15 is 0 Å². The van der Waals surface area contributed by atoms with Crippen molar-refractivity contribution in [2.75, 3.05) is 32.4 Å². The van der Waals surface area contributed by atoms with Gasteiger partial charge in [-0.2, -0.15) is 0 Å². The highest BCUT2D eigenvalue weighted by Gasteiger charge is 2.12. The molecule has 1 aromatic carbocycles. The Hall–Kier alpha value is -0.510. The molecule has 0 spiro atoms. The van der Waals surface area contributed by atoms with Crippen LogP contribution < -0.4 is 5.32 Å². The van der Waals surface area contributed by atoms with Gasteiger partial charge >= 0.3 is 0 Å². The van der Waals surface area contributed by atoms with Gasteiger partial charge in [-0.05, 0) is 48.9 Å². The predicted molar refractivity (Wildman–Crippen MR) is 75.8 cm³/mol. The van der Waals surface area contributed by atoms with Crippen LogP contribution in [0.4, 0.5) is 0 Å². The molecule has 0 saturated carbocycles. The minimum absolute atomic E-state index is 1.10. The molecule has 17 heavy (non-hydrogen) atoms. The molecule has 1 N–H and O–H groups in total. The Morgan fingerprint density at radius 3 is 2.59 bits per heavy atom. The van der Waals surface area contributed by atoms with E-state index in [0.717, 1.165) is 19.6 Å². The van der Waals surface area contributed by atoms with E-state index in [1.54, 1.807) is 0 Å². The Labute approximate surface area is 109 Å². The number of thioether (sulfide) groups is 1. The van der Waals surface area contributed by atoms with E-state index in [-0.39, 0.29) is 0 Å². The summed E-state index contributed by atoms with van der Waals surface area (Å²) < 4.78 is 0. The SMILES string of the molecule is CSc1cc(C)c(C)c(CN2CCNCC2)c1. The maximum Gasteiger partial charge on any atom is 0.0237 e. The van der Waals surface area contributed by atoms with Gasteiger partial charge in [-0.25, -0.2) is 0 Å². The summed E-state index contributed by atoms with van der Waals surface area (Å²) in [6, 6.07) is 4.65. The van der Waals surface area contributed by atoms with Crippen molar-refractivity contribution in [3.63, 3.8) is 0 Å². The molecule has 1 heterocycles. The van der Waals surface area contributed by atoms with Gasteiger partial charge in [0.15, 0.2) is 0 Å². The summed E-state index contributed by atoms with van der Waals surface area (Å²) in [6.45, 7) is 10.2. The number of nitrogens with one attached hydrogen (secondary N) is 1. The van der Waals surface area contributed by atoms with E-state index in [1.165, 1.54) is 34.7 Å². The van der Waals surface area contributed by atoms with Gasteiger partial charge < -0.3 is 5.32 Å². The molecule has 0 aromatic heterocycles. The summed E-state index contributed by atoms with van der Waals surface area (Å²) >= 11 is 1.84. The van der Waals surface area contributed by atoms with Crippen LogP contribution in [0.1, 0.15) is 16.7 Å². The second-order valence-corrected chi connectivity index (χ2v) is 5.63. The third-order valence-corrected chi connectivity index (χ3v) is 4.29. The van der Waals surface area contributed by atoms with Crippen molar-refractivity contribution in [2.45, 2.75) is 25.3 Å². The number of nitrogens with zero attached hydrogens (tertiary/aromatic N) is 1. The normalized spacial score (nSPS) is 17.4. The Kier molecular flexibility index (Phi) is 4.48. The van der Waals surface area contributed by atoms with Gasteiger partial charge in [0.1, 0.15) is 0 Å². The largest absolute Gasteiger partial charge is 0.314 e. The first-order valence-corrected chi connectivity index (χ1v) is 7.50. The number of piperazine rings is 1. The molecular formula is C14H22N2S. The molecule has 2 rings (SSSR count). The van der Waals surface area contributed by atoms with Gasteiger partial charge in [-0.1, -0.05) is 0 Å². The molecule has 2 nitrogen and oxygen atoms in total. The predicted octanol–water partition coefficient (Wildman–Crippen LogP) is 2.43. The molecular weight excluding hydrogens is 228 g/mol. The minimum Gasteiger partial charge on any atom is -0.314 e. The molecule has 3 heteroatoms. The van der Waals surface area contributed by atoms with Crippen LogP contribution in [-0.4, -0.2) is 37.3 Å². The topological polar surface area (TPSA) is 15.3 Å². The highest BCUT2D eigenvalue weighted by Crippen LogP contribution is 2.23. The summed E-state index contributed by atoms with van der Waals surface area (Å²) in [4.78, 5) is 3.93. The zero-order valence-corrected chi connectivity index (χ0v) is 11.9. The molecule has 0 radical (unpaired) electrons. The standard InChI is InChI=1S/C14H22N2S/c1-11-8-14(17-3)9-13(12(11)2)10-16-6-4-15-5-7-16/h8-9,15H,4-7,10H2,1-3H3. The van der Waals surface area contributed by atoms with Crippen LogP contribution in [-0.2, 0) is 6.54 Å². The molecule has 0 aliphatic carbocycles. The molecule has 0 bridgehead atoms. The Bertz CT molecular complexity index is 384. The summed E-state index contributed by atoms with van der Waals surface area (Å²) in [6.07, 6.45) is 2.15. The molecule has 0 amide bonds. The molecule has 1 aliphatic rings. The van der Waals surface area contributed by atoms with Gasteiger partial charge in [0, 0.05) is 37.6 Å². The van der Waals surface area contributed by atoms with Crippen molar-refractivity contribution in [2.24, 2.45) is 0 Å². The first-order valence-electron chi connectivity index (χ1n) is 6.28. The monoisotopic (exact) mass is 250 g/mol. The Morgan fingerprint density at radius 1 is 1.24 bits per heavy atom. The van der Waals surface area contributed by atoms with E-state index in [1.807, 2.05) is 11.8 Å². The molecule has 0 atom stereocenters. The van der Waals surface area contributed by atoms with Crippen LogP contribution in [0.15, 0.2) is 17.0 Å². The number of aryl methyl sites for hydroxylation is 1. The van der Waals surface area contributed by atoms with Crippen LogP contribution >= 0.6 is 11.8 Å². The average molecular weight is 250 g/mol. The van der Waals surface area contributed by atoms with E-state index in [0.29, 0.717) is 0 Å². The lowest BCUT2D eigenvalue weighted by Crippen LogP contribution is -2.43. The van der Waals surface area contributed by atoms with Crippen molar-refractivity contribution in [3.05, 3.63) is 28.8 Å². The molecule has 0 unspecified atom stereocenters. The first kappa shape index (κ1) is 12.9. The van der Waals surface area contributed by atoms with Crippen molar-refractivity contribution < 1.29 is 0 Å². The van der Waals surface area contributed by atoms with Crippen LogP contribution in [0.25, 0.3) is 0 Å². The second-order valence-electron chi connectivity index (χ2n) is 4.75. The third-order valence-electron chi connectivity index (χ3n) is 3.59. The van der Waals surface area contributed by atoms with Crippen LogP contribution in [0, 0.1) is 13.8 Å². The van der Waals surface area contributed by atoms with E-state index < -0.39 is 0 Å². The fraction of sp³-hybridized carbons (Fsp3) is 0.571. The molecule has 1 aromatic rings. The number of rotatable bonds is 3. The van der Waals surface area contributed by atoms with Crippen molar-refractivity contribution in [1.29, 1.82) is 0 Å². The molecule has 1 saturated heterocycles. The fourth-order valence-corrected chi connectivity index (χ4v) is 2.84. The summed E-state index contributed by atoms with van der Waals surface area (Å²) in [5, 5.41) is 3.40. The summed E-state index contributed by atoms with van der Waals surface area (Å²) in [5.41, 5.74) is 4.37. The van der Waals surface area contributed by atoms with Gasteiger partial charge in [-0.15, -0.1) is 11.8 Å². The van der Waals surface area contributed by atoms with Gasteiger partial charge in [0.2, 0.25) is 0 Å². The van der Waals surface area contributed by atoms with E-state index in [2.05, 4.69) is 42.5 Å². The van der Waals surface area contributed by atoms with Crippen molar-refractivity contribution in [1.82, 2.24) is 10.2 Å². The molecule has 1 aliphatic heterocycles. The first-order chi connectivity index (χ1) is 8.20. The van der Waals surface area contributed by atoms with Crippen LogP contribution in [0.2, 0.25) is 0 Å². The lowest BCUT2D eigenvalue weighted by Gasteiger charge is -2.28. The Balaban J connectivity index is 2.15. The minimum atomic E-state index is 1.10.